The van der Waals surface area contributed by atoms with Gasteiger partial charge in [0.2, 0.25) is 0 Å². The lowest BCUT2D eigenvalue weighted by atomic mass is 9.94. The topological polar surface area (TPSA) is 16.6 Å². The molecule has 0 amide bonds. The van der Waals surface area contributed by atoms with Crippen LogP contribution in [0.25, 0.3) is 0 Å². The summed E-state index contributed by atoms with van der Waals surface area (Å²) in [4.78, 5) is 0. The molecular weight excluding hydrogens is 206 g/mol. The van der Waals surface area contributed by atoms with Crippen LogP contribution in [0.5, 0.6) is 0 Å². The Morgan fingerprint density at radius 1 is 0.765 bits per heavy atom. The Hall–Kier alpha value is -1.60. The molecule has 0 saturated carbocycles. The van der Waals surface area contributed by atoms with Crippen LogP contribution in [0.1, 0.15) is 29.5 Å². The number of quaternary nitrogens is 1. The van der Waals surface area contributed by atoms with Crippen LogP contribution in [0.3, 0.4) is 0 Å². The smallest absolute Gasteiger partial charge is 0.112 e. The van der Waals surface area contributed by atoms with Gasteiger partial charge in [-0.2, -0.15) is 0 Å². The molecule has 0 spiro atoms. The summed E-state index contributed by atoms with van der Waals surface area (Å²) in [6, 6.07) is 22.4. The first kappa shape index (κ1) is 10.5. The third-order valence-corrected chi connectivity index (χ3v) is 3.74. The second-order valence-electron chi connectivity index (χ2n) is 4.83. The third-order valence-electron chi connectivity index (χ3n) is 3.74. The van der Waals surface area contributed by atoms with E-state index >= 15 is 0 Å². The fourth-order valence-electron chi connectivity index (χ4n) is 2.80. The predicted octanol–water partition coefficient (Wildman–Crippen LogP) is 2.48. The summed E-state index contributed by atoms with van der Waals surface area (Å²) in [6.45, 7) is 1.21. The quantitative estimate of drug-likeness (QED) is 0.807. The Kier molecular flexibility index (Phi) is 2.93. The summed E-state index contributed by atoms with van der Waals surface area (Å²) in [7, 11) is 0. The highest BCUT2D eigenvalue weighted by atomic mass is 14.9. The van der Waals surface area contributed by atoms with Crippen molar-refractivity contribution in [2.24, 2.45) is 0 Å². The van der Waals surface area contributed by atoms with Crippen molar-refractivity contribution in [3.05, 3.63) is 71.8 Å². The normalized spacial score (nSPS) is 23.8. The lowest BCUT2D eigenvalue weighted by molar-refractivity contribution is -0.677. The van der Waals surface area contributed by atoms with Crippen LogP contribution in [-0.2, 0) is 0 Å². The van der Waals surface area contributed by atoms with Gasteiger partial charge in [0, 0.05) is 17.9 Å². The molecule has 0 radical (unpaired) electrons. The van der Waals surface area contributed by atoms with Crippen molar-refractivity contribution in [3.8, 4) is 0 Å². The molecule has 2 atom stereocenters. The van der Waals surface area contributed by atoms with E-state index in [2.05, 4.69) is 66.0 Å². The molecule has 2 aromatic rings. The highest BCUT2D eigenvalue weighted by molar-refractivity contribution is 5.23. The zero-order valence-electron chi connectivity index (χ0n) is 9.92. The second-order valence-corrected chi connectivity index (χ2v) is 4.83. The summed E-state index contributed by atoms with van der Waals surface area (Å²) in [5.74, 6) is 0.710. The number of benzene rings is 2. The summed E-state index contributed by atoms with van der Waals surface area (Å²) in [5.41, 5.74) is 2.95. The zero-order valence-corrected chi connectivity index (χ0v) is 9.92. The minimum atomic E-state index is 0.640. The van der Waals surface area contributed by atoms with Gasteiger partial charge in [0.1, 0.15) is 6.04 Å². The van der Waals surface area contributed by atoms with Crippen molar-refractivity contribution in [2.45, 2.75) is 18.4 Å². The monoisotopic (exact) mass is 224 g/mol. The Bertz CT molecular complexity index is 418. The van der Waals surface area contributed by atoms with E-state index in [-0.39, 0.29) is 0 Å². The van der Waals surface area contributed by atoms with Gasteiger partial charge in [0.05, 0.1) is 6.54 Å². The summed E-state index contributed by atoms with van der Waals surface area (Å²) < 4.78 is 0. The zero-order chi connectivity index (χ0) is 11.5. The molecule has 2 N–H and O–H groups in total. The van der Waals surface area contributed by atoms with Crippen molar-refractivity contribution in [3.63, 3.8) is 0 Å². The number of hydrogen-bond acceptors (Lipinski definition) is 0. The van der Waals surface area contributed by atoms with Gasteiger partial charge in [-0.3, -0.25) is 0 Å². The van der Waals surface area contributed by atoms with E-state index in [1.807, 2.05) is 0 Å². The first-order valence-corrected chi connectivity index (χ1v) is 6.37. The Labute approximate surface area is 102 Å². The van der Waals surface area contributed by atoms with Gasteiger partial charge in [0.15, 0.2) is 0 Å². The second kappa shape index (κ2) is 4.72. The van der Waals surface area contributed by atoms with Gasteiger partial charge in [-0.15, -0.1) is 0 Å². The molecular formula is C16H18N+. The number of nitrogens with two attached hydrogens (primary N) is 1. The molecule has 17 heavy (non-hydrogen) atoms. The summed E-state index contributed by atoms with van der Waals surface area (Å²) in [6.07, 6.45) is 1.26. The highest BCUT2D eigenvalue weighted by Crippen LogP contribution is 2.28. The summed E-state index contributed by atoms with van der Waals surface area (Å²) >= 11 is 0. The van der Waals surface area contributed by atoms with E-state index in [4.69, 9.17) is 0 Å². The van der Waals surface area contributed by atoms with Gasteiger partial charge in [0.25, 0.3) is 0 Å². The number of hydrogen-bond donors (Lipinski definition) is 1. The molecule has 1 heterocycles. The van der Waals surface area contributed by atoms with Crippen molar-refractivity contribution in [1.82, 2.24) is 0 Å². The standard InChI is InChI=1S/C16H17N/c1-3-7-13(8-4-1)15-11-16(17-12-15)14-9-5-2-6-10-14/h1-10,15-17H,11-12H2/p+1/t15-,16+/m1/s1. The van der Waals surface area contributed by atoms with Crippen LogP contribution in [0.15, 0.2) is 60.7 Å². The predicted molar refractivity (Wildman–Crippen MR) is 69.8 cm³/mol. The average molecular weight is 224 g/mol. The van der Waals surface area contributed by atoms with Crippen molar-refractivity contribution < 1.29 is 5.32 Å². The Morgan fingerprint density at radius 2 is 1.35 bits per heavy atom. The van der Waals surface area contributed by atoms with Gasteiger partial charge in [-0.1, -0.05) is 60.7 Å². The molecule has 2 aromatic carbocycles. The molecule has 0 aromatic heterocycles. The first-order valence-electron chi connectivity index (χ1n) is 6.37. The molecule has 86 valence electrons. The van der Waals surface area contributed by atoms with Crippen LogP contribution in [0.4, 0.5) is 0 Å². The van der Waals surface area contributed by atoms with Crippen molar-refractivity contribution >= 4 is 0 Å². The maximum absolute atomic E-state index is 2.48. The van der Waals surface area contributed by atoms with Crippen LogP contribution in [-0.4, -0.2) is 6.54 Å². The SMILES string of the molecule is c1ccc([C@H]2C[NH2+][C@H](c3ccccc3)C2)cc1. The largest absolute Gasteiger partial charge is 0.340 e. The molecule has 1 saturated heterocycles. The maximum Gasteiger partial charge on any atom is 0.112 e. The highest BCUT2D eigenvalue weighted by Gasteiger charge is 2.29. The molecule has 1 aliphatic rings. The van der Waals surface area contributed by atoms with E-state index in [9.17, 15) is 0 Å². The van der Waals surface area contributed by atoms with E-state index in [0.29, 0.717) is 12.0 Å². The third kappa shape index (κ3) is 2.25. The van der Waals surface area contributed by atoms with E-state index in [0.717, 1.165) is 0 Å². The van der Waals surface area contributed by atoms with Crippen LogP contribution in [0.2, 0.25) is 0 Å². The van der Waals surface area contributed by atoms with E-state index < -0.39 is 0 Å². The van der Waals surface area contributed by atoms with Gasteiger partial charge in [-0.05, 0) is 5.56 Å². The lowest BCUT2D eigenvalue weighted by Gasteiger charge is -2.07. The maximum atomic E-state index is 2.48. The van der Waals surface area contributed by atoms with Gasteiger partial charge in [-0.25, -0.2) is 0 Å². The minimum Gasteiger partial charge on any atom is -0.340 e. The molecule has 0 aliphatic carbocycles. The van der Waals surface area contributed by atoms with Gasteiger partial charge >= 0.3 is 0 Å². The minimum absolute atomic E-state index is 0.640. The Morgan fingerprint density at radius 3 is 2.00 bits per heavy atom. The van der Waals surface area contributed by atoms with Crippen molar-refractivity contribution in [2.75, 3.05) is 6.54 Å². The number of rotatable bonds is 2. The molecule has 0 unspecified atom stereocenters. The molecule has 1 heteroatoms. The molecule has 1 nitrogen and oxygen atoms in total. The van der Waals surface area contributed by atoms with Crippen LogP contribution < -0.4 is 5.32 Å². The van der Waals surface area contributed by atoms with Crippen molar-refractivity contribution in [1.29, 1.82) is 0 Å². The van der Waals surface area contributed by atoms with E-state index in [1.54, 1.807) is 0 Å². The fraction of sp³-hybridized carbons (Fsp3) is 0.250. The molecule has 0 bridgehead atoms. The lowest BCUT2D eigenvalue weighted by Crippen LogP contribution is -2.82. The average Bonchev–Trinajstić information content (AvgIpc) is 2.90. The van der Waals surface area contributed by atoms with E-state index in [1.165, 1.54) is 24.1 Å². The Balaban J connectivity index is 1.75. The molecule has 1 aliphatic heterocycles. The van der Waals surface area contributed by atoms with Gasteiger partial charge < -0.3 is 5.32 Å². The first-order chi connectivity index (χ1) is 8.43. The summed E-state index contributed by atoms with van der Waals surface area (Å²) in [5, 5.41) is 2.48. The van der Waals surface area contributed by atoms with Crippen LogP contribution in [0, 0.1) is 0 Å². The van der Waals surface area contributed by atoms with Crippen LogP contribution >= 0.6 is 0 Å². The fourth-order valence-corrected chi connectivity index (χ4v) is 2.80. The molecule has 1 fully saturated rings. The molecule has 3 rings (SSSR count).